The van der Waals surface area contributed by atoms with Gasteiger partial charge < -0.3 is 19.8 Å². The highest BCUT2D eigenvalue weighted by molar-refractivity contribution is 6.35. The quantitative estimate of drug-likeness (QED) is 0.328. The molecule has 0 radical (unpaired) electrons. The number of nitrogens with one attached hydrogen (secondary N) is 2. The number of ether oxygens (including phenoxy) is 2. The average molecular weight is 480 g/mol. The van der Waals surface area contributed by atoms with E-state index in [2.05, 4.69) is 27.3 Å². The van der Waals surface area contributed by atoms with Crippen molar-refractivity contribution < 1.29 is 14.3 Å². The second-order valence-corrected chi connectivity index (χ2v) is 9.34. The predicted octanol–water partition coefficient (Wildman–Crippen LogP) is 5.81. The van der Waals surface area contributed by atoms with E-state index in [1.54, 1.807) is 7.11 Å². The first kappa shape index (κ1) is 22.4. The summed E-state index contributed by atoms with van der Waals surface area (Å²) in [5.41, 5.74) is 6.22. The first-order valence-electron chi connectivity index (χ1n) is 12.5. The maximum atomic E-state index is 12.9. The van der Waals surface area contributed by atoms with Gasteiger partial charge in [-0.25, -0.2) is 0 Å². The van der Waals surface area contributed by atoms with Crippen molar-refractivity contribution >= 4 is 34.1 Å². The lowest BCUT2D eigenvalue weighted by Gasteiger charge is -2.14. The molecule has 2 aliphatic heterocycles. The highest BCUT2D eigenvalue weighted by Crippen LogP contribution is 2.38. The molecule has 0 spiro atoms. The van der Waals surface area contributed by atoms with Crippen LogP contribution in [-0.2, 0) is 4.79 Å². The molecule has 6 heteroatoms. The van der Waals surface area contributed by atoms with Crippen LogP contribution in [0.5, 0.6) is 11.5 Å². The SMILES string of the molecule is COc1ccccc1-c1ccc2c(c1)NC(=O)/C2=C\c1cc2cc(OCCN3CCCC3)ccc2[nH]1. The van der Waals surface area contributed by atoms with Crippen molar-refractivity contribution in [2.75, 3.05) is 38.7 Å². The average Bonchev–Trinajstić information content (AvgIpc) is 3.63. The largest absolute Gasteiger partial charge is 0.496 e. The fraction of sp³-hybridized carbons (Fsp3) is 0.233. The summed E-state index contributed by atoms with van der Waals surface area (Å²) in [6.07, 6.45) is 4.50. The Labute approximate surface area is 210 Å². The van der Waals surface area contributed by atoms with Gasteiger partial charge in [-0.15, -0.1) is 0 Å². The Kier molecular flexibility index (Phi) is 5.95. The topological polar surface area (TPSA) is 66.6 Å². The molecule has 1 fully saturated rings. The minimum atomic E-state index is -0.105. The summed E-state index contributed by atoms with van der Waals surface area (Å²) in [6.45, 7) is 4.02. The van der Waals surface area contributed by atoms with Crippen LogP contribution in [0.2, 0.25) is 0 Å². The Hall–Kier alpha value is -4.03. The molecule has 2 N–H and O–H groups in total. The van der Waals surface area contributed by atoms with Gasteiger partial charge in [0.1, 0.15) is 18.1 Å². The zero-order valence-electron chi connectivity index (χ0n) is 20.3. The van der Waals surface area contributed by atoms with Crippen LogP contribution in [-0.4, -0.2) is 49.1 Å². The van der Waals surface area contributed by atoms with E-state index in [0.29, 0.717) is 12.2 Å². The number of amides is 1. The van der Waals surface area contributed by atoms with Crippen molar-refractivity contribution in [3.05, 3.63) is 78.0 Å². The van der Waals surface area contributed by atoms with Gasteiger partial charge >= 0.3 is 0 Å². The third kappa shape index (κ3) is 4.36. The number of carbonyl (C=O) groups excluding carboxylic acids is 1. The predicted molar refractivity (Wildman–Crippen MR) is 144 cm³/mol. The normalized spacial score (nSPS) is 16.5. The Morgan fingerprint density at radius 2 is 1.83 bits per heavy atom. The van der Waals surface area contributed by atoms with Crippen LogP contribution < -0.4 is 14.8 Å². The first-order chi connectivity index (χ1) is 17.7. The molecule has 0 unspecified atom stereocenters. The zero-order chi connectivity index (χ0) is 24.5. The molecule has 2 aliphatic rings. The minimum absolute atomic E-state index is 0.105. The van der Waals surface area contributed by atoms with Gasteiger partial charge in [0.25, 0.3) is 5.91 Å². The summed E-state index contributed by atoms with van der Waals surface area (Å²) in [7, 11) is 1.67. The second-order valence-electron chi connectivity index (χ2n) is 9.34. The van der Waals surface area contributed by atoms with Gasteiger partial charge in [0.2, 0.25) is 0 Å². The summed E-state index contributed by atoms with van der Waals surface area (Å²) in [5.74, 6) is 1.56. The van der Waals surface area contributed by atoms with Gasteiger partial charge in [-0.2, -0.15) is 0 Å². The molecule has 1 aromatic heterocycles. The Morgan fingerprint density at radius 3 is 2.69 bits per heavy atom. The number of aromatic nitrogens is 1. The summed E-state index contributed by atoms with van der Waals surface area (Å²) in [4.78, 5) is 18.7. The van der Waals surface area contributed by atoms with Crippen LogP contribution in [0.3, 0.4) is 0 Å². The molecule has 0 saturated carbocycles. The van der Waals surface area contributed by atoms with Crippen molar-refractivity contribution in [3.8, 4) is 22.6 Å². The summed E-state index contributed by atoms with van der Waals surface area (Å²) >= 11 is 0. The highest BCUT2D eigenvalue weighted by Gasteiger charge is 2.25. The number of rotatable bonds is 7. The lowest BCUT2D eigenvalue weighted by atomic mass is 9.99. The number of benzene rings is 3. The van der Waals surface area contributed by atoms with E-state index in [1.165, 1.54) is 25.9 Å². The maximum Gasteiger partial charge on any atom is 0.256 e. The standard InChI is InChI=1S/C30H29N3O3/c1-35-29-7-3-2-6-24(29)20-8-10-25-26(30(34)32-28(25)18-20)19-22-16-21-17-23(9-11-27(21)31-22)36-15-14-33-12-4-5-13-33/h2-3,6-11,16-19,31H,4-5,12-15H2,1H3,(H,32,34)/b26-19-. The number of likely N-dealkylation sites (tertiary alicyclic amines) is 1. The van der Waals surface area contributed by atoms with E-state index in [0.717, 1.165) is 57.0 Å². The molecule has 3 heterocycles. The highest BCUT2D eigenvalue weighted by atomic mass is 16.5. The molecule has 3 aromatic carbocycles. The smallest absolute Gasteiger partial charge is 0.256 e. The number of aromatic amines is 1. The van der Waals surface area contributed by atoms with Gasteiger partial charge in [-0.05, 0) is 74.0 Å². The summed E-state index contributed by atoms with van der Waals surface area (Å²) in [6, 6.07) is 22.1. The molecule has 36 heavy (non-hydrogen) atoms. The Balaban J connectivity index is 1.23. The van der Waals surface area contributed by atoms with E-state index in [9.17, 15) is 4.79 Å². The molecule has 6 nitrogen and oxygen atoms in total. The molecule has 6 rings (SSSR count). The van der Waals surface area contributed by atoms with Crippen molar-refractivity contribution in [3.63, 3.8) is 0 Å². The monoisotopic (exact) mass is 479 g/mol. The van der Waals surface area contributed by atoms with Crippen LogP contribution in [0.25, 0.3) is 33.7 Å². The van der Waals surface area contributed by atoms with Crippen molar-refractivity contribution in [1.29, 1.82) is 0 Å². The van der Waals surface area contributed by atoms with E-state index in [-0.39, 0.29) is 5.91 Å². The number of H-pyrrole nitrogens is 1. The molecule has 1 saturated heterocycles. The fourth-order valence-corrected chi connectivity index (χ4v) is 5.14. The van der Waals surface area contributed by atoms with Crippen LogP contribution in [0.4, 0.5) is 5.69 Å². The Bertz CT molecular complexity index is 1460. The lowest BCUT2D eigenvalue weighted by Crippen LogP contribution is -2.25. The number of hydrogen-bond donors (Lipinski definition) is 2. The first-order valence-corrected chi connectivity index (χ1v) is 12.5. The number of nitrogens with zero attached hydrogens (tertiary/aromatic N) is 1. The summed E-state index contributed by atoms with van der Waals surface area (Å²) < 4.78 is 11.5. The van der Waals surface area contributed by atoms with E-state index in [1.807, 2.05) is 60.7 Å². The molecule has 0 bridgehead atoms. The van der Waals surface area contributed by atoms with Crippen LogP contribution in [0.1, 0.15) is 24.1 Å². The second kappa shape index (κ2) is 9.55. The molecule has 0 atom stereocenters. The van der Waals surface area contributed by atoms with E-state index < -0.39 is 0 Å². The number of fused-ring (bicyclic) bond motifs is 2. The third-order valence-corrected chi connectivity index (χ3v) is 7.01. The van der Waals surface area contributed by atoms with E-state index in [4.69, 9.17) is 9.47 Å². The number of anilines is 1. The van der Waals surface area contributed by atoms with Gasteiger partial charge in [0.05, 0.1) is 12.7 Å². The number of para-hydroxylation sites is 1. The maximum absolute atomic E-state index is 12.9. The lowest BCUT2D eigenvalue weighted by molar-refractivity contribution is -0.110. The zero-order valence-corrected chi connectivity index (χ0v) is 20.3. The van der Waals surface area contributed by atoms with Crippen molar-refractivity contribution in [2.45, 2.75) is 12.8 Å². The number of methoxy groups -OCH3 is 1. The minimum Gasteiger partial charge on any atom is -0.496 e. The molecule has 0 aliphatic carbocycles. The molecule has 4 aromatic rings. The summed E-state index contributed by atoms with van der Waals surface area (Å²) in [5, 5.41) is 4.08. The molecule has 1 amide bonds. The Morgan fingerprint density at radius 1 is 0.972 bits per heavy atom. The van der Waals surface area contributed by atoms with E-state index >= 15 is 0 Å². The van der Waals surface area contributed by atoms with Gasteiger partial charge in [-0.3, -0.25) is 9.69 Å². The molecular formula is C30H29N3O3. The fourth-order valence-electron chi connectivity index (χ4n) is 5.14. The van der Waals surface area contributed by atoms with Crippen LogP contribution in [0.15, 0.2) is 66.7 Å². The van der Waals surface area contributed by atoms with Gasteiger partial charge in [0.15, 0.2) is 0 Å². The van der Waals surface area contributed by atoms with Crippen LogP contribution in [0, 0.1) is 0 Å². The van der Waals surface area contributed by atoms with Crippen LogP contribution >= 0.6 is 0 Å². The molecule has 182 valence electrons. The number of hydrogen-bond acceptors (Lipinski definition) is 4. The molecular weight excluding hydrogens is 450 g/mol. The van der Waals surface area contributed by atoms with Crippen molar-refractivity contribution in [2.24, 2.45) is 0 Å². The van der Waals surface area contributed by atoms with Gasteiger partial charge in [-0.1, -0.05) is 30.3 Å². The number of carbonyl (C=O) groups is 1. The van der Waals surface area contributed by atoms with Crippen molar-refractivity contribution in [1.82, 2.24) is 9.88 Å². The van der Waals surface area contributed by atoms with Gasteiger partial charge in [0, 0.05) is 40.0 Å². The third-order valence-electron chi connectivity index (χ3n) is 7.01.